The second kappa shape index (κ2) is 5.65. The van der Waals surface area contributed by atoms with E-state index < -0.39 is 5.97 Å². The fraction of sp³-hybridized carbons (Fsp3) is 0.636. The molecule has 0 aromatic rings. The first-order chi connectivity index (χ1) is 7.54. The zero-order valence-corrected chi connectivity index (χ0v) is 9.67. The van der Waals surface area contributed by atoms with Crippen LogP contribution < -0.4 is 10.6 Å². The lowest BCUT2D eigenvalue weighted by atomic mass is 10.0. The van der Waals surface area contributed by atoms with Gasteiger partial charge in [-0.2, -0.15) is 0 Å². The Balaban J connectivity index is 2.51. The Morgan fingerprint density at radius 1 is 1.50 bits per heavy atom. The van der Waals surface area contributed by atoms with E-state index >= 15 is 0 Å². The number of carbonyl (C=O) groups excluding carboxylic acids is 1. The molecule has 0 aromatic heterocycles. The Morgan fingerprint density at radius 3 is 2.50 bits per heavy atom. The van der Waals surface area contributed by atoms with E-state index in [9.17, 15) is 9.59 Å². The topological polar surface area (TPSA) is 78.4 Å². The van der Waals surface area contributed by atoms with Crippen molar-refractivity contribution in [1.82, 2.24) is 10.6 Å². The standard InChI is InChI=1S/C11H18N2O3/c1-3-9(4-10(14)15)13-11(16)7(2)8-5-12-6-8/h9,12H,3-6H2,1-2H3,(H,13,16)(H,14,15). The first-order valence-corrected chi connectivity index (χ1v) is 5.46. The van der Waals surface area contributed by atoms with Crippen molar-refractivity contribution in [3.8, 4) is 0 Å². The molecular weight excluding hydrogens is 208 g/mol. The van der Waals surface area contributed by atoms with Crippen LogP contribution in [-0.4, -0.2) is 36.1 Å². The Kier molecular flexibility index (Phi) is 4.49. The van der Waals surface area contributed by atoms with Crippen molar-refractivity contribution in [2.24, 2.45) is 0 Å². The summed E-state index contributed by atoms with van der Waals surface area (Å²) >= 11 is 0. The third-order valence-electron chi connectivity index (χ3n) is 2.80. The van der Waals surface area contributed by atoms with Gasteiger partial charge in [0.05, 0.1) is 6.42 Å². The first-order valence-electron chi connectivity index (χ1n) is 5.46. The van der Waals surface area contributed by atoms with Gasteiger partial charge in [-0.05, 0) is 18.9 Å². The zero-order valence-electron chi connectivity index (χ0n) is 9.67. The maximum absolute atomic E-state index is 11.7. The van der Waals surface area contributed by atoms with Crippen molar-refractivity contribution < 1.29 is 14.7 Å². The maximum Gasteiger partial charge on any atom is 0.305 e. The van der Waals surface area contributed by atoms with Gasteiger partial charge in [0.15, 0.2) is 0 Å². The smallest absolute Gasteiger partial charge is 0.305 e. The highest BCUT2D eigenvalue weighted by atomic mass is 16.4. The van der Waals surface area contributed by atoms with Crippen molar-refractivity contribution in [3.63, 3.8) is 0 Å². The van der Waals surface area contributed by atoms with E-state index in [-0.39, 0.29) is 18.4 Å². The lowest BCUT2D eigenvalue weighted by Crippen LogP contribution is -2.40. The van der Waals surface area contributed by atoms with Gasteiger partial charge in [0.1, 0.15) is 0 Å². The number of rotatable bonds is 5. The van der Waals surface area contributed by atoms with Crippen LogP contribution in [0.1, 0.15) is 26.7 Å². The summed E-state index contributed by atoms with van der Waals surface area (Å²) in [7, 11) is 0. The minimum Gasteiger partial charge on any atom is -0.481 e. The summed E-state index contributed by atoms with van der Waals surface area (Å²) in [5.74, 6) is -1.03. The van der Waals surface area contributed by atoms with E-state index in [0.29, 0.717) is 12.0 Å². The molecule has 1 heterocycles. The molecule has 1 amide bonds. The molecule has 1 fully saturated rings. The molecule has 0 aliphatic carbocycles. The highest BCUT2D eigenvalue weighted by molar-refractivity contribution is 5.94. The minimum atomic E-state index is -0.886. The molecule has 1 atom stereocenters. The summed E-state index contributed by atoms with van der Waals surface area (Å²) in [6.07, 6.45) is 0.599. The average Bonchev–Trinajstić information content (AvgIpc) is 2.13. The molecule has 0 aromatic carbocycles. The predicted molar refractivity (Wildman–Crippen MR) is 60.0 cm³/mol. The SMILES string of the molecule is CCC(CC(=O)O)NC(=O)C(C)=C1CNC1. The fourth-order valence-electron chi connectivity index (χ4n) is 1.48. The fourth-order valence-corrected chi connectivity index (χ4v) is 1.48. The Labute approximate surface area is 94.9 Å². The van der Waals surface area contributed by atoms with Crippen molar-refractivity contribution in [2.45, 2.75) is 32.7 Å². The van der Waals surface area contributed by atoms with Gasteiger partial charge in [0.25, 0.3) is 0 Å². The Morgan fingerprint density at radius 2 is 2.12 bits per heavy atom. The van der Waals surface area contributed by atoms with E-state index in [1.807, 2.05) is 6.92 Å². The first kappa shape index (κ1) is 12.7. The van der Waals surface area contributed by atoms with E-state index in [1.54, 1.807) is 6.92 Å². The van der Waals surface area contributed by atoms with Crippen LogP contribution >= 0.6 is 0 Å². The van der Waals surface area contributed by atoms with Crippen LogP contribution in [0.4, 0.5) is 0 Å². The molecule has 5 heteroatoms. The predicted octanol–water partition coefficient (Wildman–Crippen LogP) is 0.276. The number of hydrogen-bond acceptors (Lipinski definition) is 3. The molecule has 3 N–H and O–H groups in total. The van der Waals surface area contributed by atoms with Gasteiger partial charge in [0, 0.05) is 24.7 Å². The molecular formula is C11H18N2O3. The van der Waals surface area contributed by atoms with Gasteiger partial charge in [-0.25, -0.2) is 0 Å². The number of nitrogens with one attached hydrogen (secondary N) is 2. The van der Waals surface area contributed by atoms with Gasteiger partial charge >= 0.3 is 5.97 Å². The number of carbonyl (C=O) groups is 2. The van der Waals surface area contributed by atoms with Crippen LogP contribution in [0.15, 0.2) is 11.1 Å². The molecule has 1 saturated heterocycles. The lowest BCUT2D eigenvalue weighted by Gasteiger charge is -2.23. The summed E-state index contributed by atoms with van der Waals surface area (Å²) < 4.78 is 0. The Bertz CT molecular complexity index is 317. The molecule has 0 spiro atoms. The molecule has 16 heavy (non-hydrogen) atoms. The molecule has 0 radical (unpaired) electrons. The molecule has 1 aliphatic heterocycles. The number of amides is 1. The van der Waals surface area contributed by atoms with Crippen LogP contribution in [0.5, 0.6) is 0 Å². The summed E-state index contributed by atoms with van der Waals surface area (Å²) in [6.45, 7) is 5.16. The zero-order chi connectivity index (χ0) is 12.1. The highest BCUT2D eigenvalue weighted by Gasteiger charge is 2.19. The van der Waals surface area contributed by atoms with Gasteiger partial charge in [-0.15, -0.1) is 0 Å². The second-order valence-corrected chi connectivity index (χ2v) is 4.01. The molecule has 90 valence electrons. The normalized spacial score (nSPS) is 16.2. The molecule has 1 rings (SSSR count). The van der Waals surface area contributed by atoms with Crippen molar-refractivity contribution in [3.05, 3.63) is 11.1 Å². The monoisotopic (exact) mass is 226 g/mol. The van der Waals surface area contributed by atoms with E-state index in [4.69, 9.17) is 5.11 Å². The van der Waals surface area contributed by atoms with E-state index in [2.05, 4.69) is 10.6 Å². The number of aliphatic carboxylic acids is 1. The Hall–Kier alpha value is -1.36. The highest BCUT2D eigenvalue weighted by Crippen LogP contribution is 2.09. The number of carboxylic acids is 1. The van der Waals surface area contributed by atoms with Crippen molar-refractivity contribution >= 4 is 11.9 Å². The third kappa shape index (κ3) is 3.34. The van der Waals surface area contributed by atoms with Crippen LogP contribution in [0.3, 0.4) is 0 Å². The van der Waals surface area contributed by atoms with Gasteiger partial charge < -0.3 is 15.7 Å². The molecule has 1 unspecified atom stereocenters. The van der Waals surface area contributed by atoms with E-state index in [1.165, 1.54) is 0 Å². The van der Waals surface area contributed by atoms with Gasteiger partial charge in [0.2, 0.25) is 5.91 Å². The third-order valence-corrected chi connectivity index (χ3v) is 2.80. The minimum absolute atomic E-state index is 0.0247. The van der Waals surface area contributed by atoms with Gasteiger partial charge in [-0.1, -0.05) is 6.92 Å². The average molecular weight is 226 g/mol. The van der Waals surface area contributed by atoms with Crippen LogP contribution in [0, 0.1) is 0 Å². The lowest BCUT2D eigenvalue weighted by molar-refractivity contribution is -0.137. The van der Waals surface area contributed by atoms with Crippen LogP contribution in [0.25, 0.3) is 0 Å². The number of hydrogen-bond donors (Lipinski definition) is 3. The van der Waals surface area contributed by atoms with Crippen molar-refractivity contribution in [2.75, 3.05) is 13.1 Å². The quantitative estimate of drug-likeness (QED) is 0.588. The molecule has 5 nitrogen and oxygen atoms in total. The largest absolute Gasteiger partial charge is 0.481 e. The summed E-state index contributed by atoms with van der Waals surface area (Å²) in [5, 5.41) is 14.5. The molecule has 1 aliphatic rings. The van der Waals surface area contributed by atoms with Crippen LogP contribution in [0.2, 0.25) is 0 Å². The molecule has 0 bridgehead atoms. The number of carboxylic acid groups (broad SMARTS) is 1. The van der Waals surface area contributed by atoms with Crippen LogP contribution in [-0.2, 0) is 9.59 Å². The van der Waals surface area contributed by atoms with Gasteiger partial charge in [-0.3, -0.25) is 9.59 Å². The summed E-state index contributed by atoms with van der Waals surface area (Å²) in [5.41, 5.74) is 1.81. The second-order valence-electron chi connectivity index (χ2n) is 4.01. The van der Waals surface area contributed by atoms with E-state index in [0.717, 1.165) is 18.7 Å². The maximum atomic E-state index is 11.7. The summed E-state index contributed by atoms with van der Waals surface area (Å²) in [6, 6.07) is -0.284. The molecule has 0 saturated carbocycles. The summed E-state index contributed by atoms with van der Waals surface area (Å²) in [4.78, 5) is 22.3. The van der Waals surface area contributed by atoms with Crippen molar-refractivity contribution in [1.29, 1.82) is 0 Å².